The van der Waals surface area contributed by atoms with E-state index in [0.717, 1.165) is 44.5 Å². The predicted molar refractivity (Wildman–Crippen MR) is 84.1 cm³/mol. The van der Waals surface area contributed by atoms with Gasteiger partial charge in [-0.15, -0.1) is 0 Å². The van der Waals surface area contributed by atoms with Crippen LogP contribution in [0.25, 0.3) is 0 Å². The third kappa shape index (κ3) is 3.39. The molecule has 116 valence electrons. The van der Waals surface area contributed by atoms with Crippen molar-refractivity contribution in [2.45, 2.75) is 42.7 Å². The van der Waals surface area contributed by atoms with Gasteiger partial charge in [0.25, 0.3) is 0 Å². The molecular formula is C15H23N3O2S. The standard InChI is InChI=1S/C15H23N3O2S/c1-18(13-5-4-10-16-11-13)14-6-2-3-7-15(14)21(19,20)17-12-8-9-12/h2-3,6-7,12-13,16-17H,4-5,8-11H2,1H3. The Morgan fingerprint density at radius 2 is 2.00 bits per heavy atom. The summed E-state index contributed by atoms with van der Waals surface area (Å²) in [4.78, 5) is 2.50. The van der Waals surface area contributed by atoms with E-state index in [-0.39, 0.29) is 6.04 Å². The van der Waals surface area contributed by atoms with Crippen LogP contribution in [0.1, 0.15) is 25.7 Å². The molecule has 3 rings (SSSR count). The van der Waals surface area contributed by atoms with E-state index in [0.29, 0.717) is 10.9 Å². The summed E-state index contributed by atoms with van der Waals surface area (Å²) in [5.74, 6) is 0. The van der Waals surface area contributed by atoms with E-state index in [4.69, 9.17) is 0 Å². The van der Waals surface area contributed by atoms with Gasteiger partial charge in [0.05, 0.1) is 5.69 Å². The average molecular weight is 309 g/mol. The van der Waals surface area contributed by atoms with E-state index in [2.05, 4.69) is 14.9 Å². The lowest BCUT2D eigenvalue weighted by Crippen LogP contribution is -2.44. The van der Waals surface area contributed by atoms with Crippen molar-refractivity contribution in [1.29, 1.82) is 0 Å². The number of nitrogens with zero attached hydrogens (tertiary/aromatic N) is 1. The smallest absolute Gasteiger partial charge is 0.242 e. The summed E-state index contributed by atoms with van der Waals surface area (Å²) >= 11 is 0. The van der Waals surface area contributed by atoms with Crippen LogP contribution in [-0.4, -0.2) is 40.6 Å². The Labute approximate surface area is 126 Å². The molecule has 0 spiro atoms. The molecule has 1 saturated carbocycles. The van der Waals surface area contributed by atoms with Crippen LogP contribution in [0.2, 0.25) is 0 Å². The average Bonchev–Trinajstić information content (AvgIpc) is 3.31. The van der Waals surface area contributed by atoms with Gasteiger partial charge in [-0.1, -0.05) is 12.1 Å². The highest BCUT2D eigenvalue weighted by Gasteiger charge is 2.30. The molecule has 2 aliphatic rings. The molecule has 2 fully saturated rings. The minimum Gasteiger partial charge on any atom is -0.369 e. The first-order valence-electron chi connectivity index (χ1n) is 7.63. The highest BCUT2D eigenvalue weighted by molar-refractivity contribution is 7.89. The van der Waals surface area contributed by atoms with Crippen molar-refractivity contribution in [2.24, 2.45) is 0 Å². The number of likely N-dealkylation sites (N-methyl/N-ethyl adjacent to an activating group) is 1. The Bertz CT molecular complexity index is 593. The van der Waals surface area contributed by atoms with Gasteiger partial charge in [-0.25, -0.2) is 13.1 Å². The molecule has 1 atom stereocenters. The lowest BCUT2D eigenvalue weighted by molar-refractivity contribution is 0.443. The summed E-state index contributed by atoms with van der Waals surface area (Å²) in [7, 11) is -1.43. The Morgan fingerprint density at radius 3 is 2.67 bits per heavy atom. The van der Waals surface area contributed by atoms with Crippen LogP contribution in [-0.2, 0) is 10.0 Å². The lowest BCUT2D eigenvalue weighted by Gasteiger charge is -2.34. The topological polar surface area (TPSA) is 61.4 Å². The molecule has 6 heteroatoms. The molecule has 0 aromatic heterocycles. The first kappa shape index (κ1) is 14.8. The quantitative estimate of drug-likeness (QED) is 0.861. The molecule has 1 aromatic carbocycles. The Morgan fingerprint density at radius 1 is 1.24 bits per heavy atom. The number of hydrogen-bond donors (Lipinski definition) is 2. The zero-order valence-electron chi connectivity index (χ0n) is 12.4. The Hall–Kier alpha value is -1.11. The number of sulfonamides is 1. The summed E-state index contributed by atoms with van der Waals surface area (Å²) < 4.78 is 27.8. The number of anilines is 1. The molecule has 1 heterocycles. The fourth-order valence-corrected chi connectivity index (χ4v) is 4.37. The van der Waals surface area contributed by atoms with Crippen molar-refractivity contribution < 1.29 is 8.42 Å². The third-order valence-corrected chi connectivity index (χ3v) is 5.82. The van der Waals surface area contributed by atoms with E-state index in [1.54, 1.807) is 12.1 Å². The molecule has 1 aliphatic carbocycles. The van der Waals surface area contributed by atoms with Crippen LogP contribution in [0.5, 0.6) is 0 Å². The minimum absolute atomic E-state index is 0.129. The van der Waals surface area contributed by atoms with Crippen LogP contribution in [0.4, 0.5) is 5.69 Å². The maximum atomic E-state index is 12.5. The number of piperidine rings is 1. The van der Waals surface area contributed by atoms with E-state index in [1.807, 2.05) is 19.2 Å². The van der Waals surface area contributed by atoms with Crippen LogP contribution in [0.3, 0.4) is 0 Å². The zero-order chi connectivity index (χ0) is 14.9. The van der Waals surface area contributed by atoms with Gasteiger partial charge in [-0.3, -0.25) is 0 Å². The van der Waals surface area contributed by atoms with Crippen molar-refractivity contribution in [3.8, 4) is 0 Å². The third-order valence-electron chi connectivity index (χ3n) is 4.25. The summed E-state index contributed by atoms with van der Waals surface area (Å²) in [6, 6.07) is 7.76. The van der Waals surface area contributed by atoms with Crippen LogP contribution in [0.15, 0.2) is 29.2 Å². The summed E-state index contributed by atoms with van der Waals surface area (Å²) in [6.45, 7) is 1.95. The molecule has 5 nitrogen and oxygen atoms in total. The summed E-state index contributed by atoms with van der Waals surface area (Å²) in [5.41, 5.74) is 0.791. The minimum atomic E-state index is -3.42. The maximum Gasteiger partial charge on any atom is 0.242 e. The first-order chi connectivity index (χ1) is 10.1. The summed E-state index contributed by atoms with van der Waals surface area (Å²) in [5, 5.41) is 3.38. The van der Waals surface area contributed by atoms with Crippen molar-refractivity contribution in [3.63, 3.8) is 0 Å². The fraction of sp³-hybridized carbons (Fsp3) is 0.600. The Balaban J connectivity index is 1.87. The van der Waals surface area contributed by atoms with Gasteiger partial charge in [0.15, 0.2) is 0 Å². The van der Waals surface area contributed by atoms with Crippen molar-refractivity contribution in [3.05, 3.63) is 24.3 Å². The SMILES string of the molecule is CN(c1ccccc1S(=O)(=O)NC1CC1)C1CCCNC1. The second kappa shape index (κ2) is 5.94. The zero-order valence-corrected chi connectivity index (χ0v) is 13.2. The van der Waals surface area contributed by atoms with Crippen LogP contribution in [0, 0.1) is 0 Å². The molecule has 0 radical (unpaired) electrons. The fourth-order valence-electron chi connectivity index (χ4n) is 2.82. The molecule has 21 heavy (non-hydrogen) atoms. The number of benzene rings is 1. The highest BCUT2D eigenvalue weighted by atomic mass is 32.2. The number of rotatable bonds is 5. The van der Waals surface area contributed by atoms with Gasteiger partial charge in [-0.2, -0.15) is 0 Å². The van der Waals surface area contributed by atoms with Gasteiger partial charge in [0, 0.05) is 25.7 Å². The van der Waals surface area contributed by atoms with Gasteiger partial charge < -0.3 is 10.2 Å². The predicted octanol–water partition coefficient (Wildman–Crippen LogP) is 1.32. The van der Waals surface area contributed by atoms with E-state index >= 15 is 0 Å². The molecule has 1 aliphatic heterocycles. The van der Waals surface area contributed by atoms with E-state index < -0.39 is 10.0 Å². The second-order valence-corrected chi connectivity index (χ2v) is 7.66. The van der Waals surface area contributed by atoms with E-state index in [1.165, 1.54) is 0 Å². The van der Waals surface area contributed by atoms with Gasteiger partial charge >= 0.3 is 0 Å². The van der Waals surface area contributed by atoms with Gasteiger partial charge in [0.1, 0.15) is 4.90 Å². The second-order valence-electron chi connectivity index (χ2n) is 5.97. The summed E-state index contributed by atoms with van der Waals surface area (Å²) in [6.07, 6.45) is 4.12. The molecule has 2 N–H and O–H groups in total. The monoisotopic (exact) mass is 309 g/mol. The van der Waals surface area contributed by atoms with Crippen molar-refractivity contribution in [2.75, 3.05) is 25.0 Å². The number of para-hydroxylation sites is 1. The molecule has 0 bridgehead atoms. The highest BCUT2D eigenvalue weighted by Crippen LogP contribution is 2.29. The van der Waals surface area contributed by atoms with Crippen molar-refractivity contribution in [1.82, 2.24) is 10.0 Å². The largest absolute Gasteiger partial charge is 0.369 e. The normalized spacial score (nSPS) is 23.0. The molecule has 0 amide bonds. The lowest BCUT2D eigenvalue weighted by atomic mass is 10.1. The molecule has 1 unspecified atom stereocenters. The molecule has 1 saturated heterocycles. The molecule has 1 aromatic rings. The van der Waals surface area contributed by atoms with Crippen LogP contribution < -0.4 is 14.9 Å². The number of nitrogens with one attached hydrogen (secondary N) is 2. The van der Waals surface area contributed by atoms with Crippen molar-refractivity contribution >= 4 is 15.7 Å². The van der Waals surface area contributed by atoms with E-state index in [9.17, 15) is 8.42 Å². The van der Waals surface area contributed by atoms with Gasteiger partial charge in [0.2, 0.25) is 10.0 Å². The van der Waals surface area contributed by atoms with Gasteiger partial charge in [-0.05, 0) is 44.4 Å². The first-order valence-corrected chi connectivity index (χ1v) is 9.11. The Kier molecular flexibility index (Phi) is 4.19. The molecular weight excluding hydrogens is 286 g/mol. The van der Waals surface area contributed by atoms with Crippen LogP contribution >= 0.6 is 0 Å². The number of hydrogen-bond acceptors (Lipinski definition) is 4. The maximum absolute atomic E-state index is 12.5.